The molecule has 1 aromatic carbocycles. The number of para-hydroxylation sites is 2. The van der Waals surface area contributed by atoms with Gasteiger partial charge in [0.25, 0.3) is 5.91 Å². The van der Waals surface area contributed by atoms with Crippen LogP contribution in [-0.4, -0.2) is 34.6 Å². The van der Waals surface area contributed by atoms with Gasteiger partial charge in [-0.2, -0.15) is 0 Å². The molecule has 4 rings (SSSR count). The molecule has 7 heteroatoms. The van der Waals surface area contributed by atoms with Crippen molar-refractivity contribution in [1.82, 2.24) is 9.55 Å². The van der Waals surface area contributed by atoms with Gasteiger partial charge in [0, 0.05) is 12.2 Å². The zero-order valence-corrected chi connectivity index (χ0v) is 16.0. The van der Waals surface area contributed by atoms with Gasteiger partial charge in [0.05, 0.1) is 37.8 Å². The average Bonchev–Trinajstić information content (AvgIpc) is 3.20. The monoisotopic (exact) mass is 383 g/mol. The summed E-state index contributed by atoms with van der Waals surface area (Å²) in [6.07, 6.45) is 8.72. The number of methoxy groups -OCH3 is 1. The summed E-state index contributed by atoms with van der Waals surface area (Å²) in [5, 5.41) is 0. The van der Waals surface area contributed by atoms with Crippen LogP contribution >= 0.6 is 0 Å². The SMILES string of the molecule is COC(=O)C[C@@H]1Oc2ccccc2N(Cc2cncn2C2CCCCC2)C1=O. The maximum atomic E-state index is 13.1. The highest BCUT2D eigenvalue weighted by Crippen LogP contribution is 2.36. The van der Waals surface area contributed by atoms with Crippen molar-refractivity contribution in [3.63, 3.8) is 0 Å². The first kappa shape index (κ1) is 18.5. The molecule has 28 heavy (non-hydrogen) atoms. The number of hydrogen-bond donors (Lipinski definition) is 0. The van der Waals surface area contributed by atoms with E-state index in [2.05, 4.69) is 9.55 Å². The third-order valence-corrected chi connectivity index (χ3v) is 5.58. The van der Waals surface area contributed by atoms with E-state index in [0.717, 1.165) is 18.5 Å². The highest BCUT2D eigenvalue weighted by Gasteiger charge is 2.36. The maximum Gasteiger partial charge on any atom is 0.309 e. The number of fused-ring (bicyclic) bond motifs is 1. The van der Waals surface area contributed by atoms with Crippen molar-refractivity contribution in [3.05, 3.63) is 42.5 Å². The Balaban J connectivity index is 1.62. The van der Waals surface area contributed by atoms with Crippen molar-refractivity contribution in [2.45, 2.75) is 57.2 Å². The fraction of sp³-hybridized carbons (Fsp3) is 0.476. The number of rotatable bonds is 5. The van der Waals surface area contributed by atoms with Crippen LogP contribution in [0.3, 0.4) is 0 Å². The standard InChI is InChI=1S/C21H25N3O4/c1-27-20(25)11-19-21(26)23(17-9-5-6-10-18(17)28-19)13-16-12-22-14-24(16)15-7-3-2-4-8-15/h5-6,9-10,12,14-15,19H,2-4,7-8,11,13H2,1H3/t19-/m0/s1. The third-order valence-electron chi connectivity index (χ3n) is 5.58. The molecular formula is C21H25N3O4. The van der Waals surface area contributed by atoms with Crippen LogP contribution in [0.2, 0.25) is 0 Å². The number of ether oxygens (including phenoxy) is 2. The number of nitrogens with zero attached hydrogens (tertiary/aromatic N) is 3. The van der Waals surface area contributed by atoms with Gasteiger partial charge in [0.2, 0.25) is 0 Å². The van der Waals surface area contributed by atoms with E-state index in [1.165, 1.54) is 26.4 Å². The van der Waals surface area contributed by atoms with Gasteiger partial charge < -0.3 is 14.0 Å². The van der Waals surface area contributed by atoms with Crippen LogP contribution in [0.25, 0.3) is 0 Å². The molecule has 2 aliphatic rings. The van der Waals surface area contributed by atoms with Gasteiger partial charge >= 0.3 is 5.97 Å². The molecule has 0 bridgehead atoms. The molecule has 2 heterocycles. The lowest BCUT2D eigenvalue weighted by atomic mass is 9.95. The van der Waals surface area contributed by atoms with Crippen molar-refractivity contribution in [2.24, 2.45) is 0 Å². The number of aromatic nitrogens is 2. The first-order valence-corrected chi connectivity index (χ1v) is 9.82. The molecule has 148 valence electrons. The molecule has 1 aliphatic carbocycles. The lowest BCUT2D eigenvalue weighted by Crippen LogP contribution is -2.46. The summed E-state index contributed by atoms with van der Waals surface area (Å²) in [5.41, 5.74) is 1.71. The molecule has 1 fully saturated rings. The second-order valence-corrected chi connectivity index (χ2v) is 7.36. The summed E-state index contributed by atoms with van der Waals surface area (Å²) in [7, 11) is 1.31. The molecule has 2 aromatic rings. The van der Waals surface area contributed by atoms with Crippen molar-refractivity contribution in [2.75, 3.05) is 12.0 Å². The van der Waals surface area contributed by atoms with Crippen molar-refractivity contribution >= 4 is 17.6 Å². The van der Waals surface area contributed by atoms with E-state index in [1.807, 2.05) is 36.8 Å². The van der Waals surface area contributed by atoms with Gasteiger partial charge in [-0.05, 0) is 25.0 Å². The van der Waals surface area contributed by atoms with Crippen LogP contribution in [0.15, 0.2) is 36.8 Å². The van der Waals surface area contributed by atoms with E-state index < -0.39 is 12.1 Å². The molecule has 0 spiro atoms. The van der Waals surface area contributed by atoms with E-state index in [-0.39, 0.29) is 12.3 Å². The molecule has 0 saturated heterocycles. The number of amides is 1. The summed E-state index contributed by atoms with van der Waals surface area (Å²) >= 11 is 0. The van der Waals surface area contributed by atoms with Gasteiger partial charge in [-0.25, -0.2) is 4.98 Å². The lowest BCUT2D eigenvalue weighted by molar-refractivity contribution is -0.145. The molecule has 7 nitrogen and oxygen atoms in total. The van der Waals surface area contributed by atoms with Gasteiger partial charge in [-0.3, -0.25) is 14.5 Å². The number of anilines is 1. The van der Waals surface area contributed by atoms with Crippen LogP contribution in [0, 0.1) is 0 Å². The Morgan fingerprint density at radius 2 is 2.04 bits per heavy atom. The number of carbonyl (C=O) groups excluding carboxylic acids is 2. The molecule has 1 aliphatic heterocycles. The Morgan fingerprint density at radius 3 is 2.82 bits per heavy atom. The highest BCUT2D eigenvalue weighted by atomic mass is 16.5. The summed E-state index contributed by atoms with van der Waals surface area (Å²) < 4.78 is 12.7. The van der Waals surface area contributed by atoms with Crippen molar-refractivity contribution < 1.29 is 19.1 Å². The zero-order chi connectivity index (χ0) is 19.5. The van der Waals surface area contributed by atoms with E-state index in [0.29, 0.717) is 24.0 Å². The Labute approximate surface area is 164 Å². The van der Waals surface area contributed by atoms with Crippen LogP contribution in [0.1, 0.15) is 50.3 Å². The lowest BCUT2D eigenvalue weighted by Gasteiger charge is -2.34. The maximum absolute atomic E-state index is 13.1. The van der Waals surface area contributed by atoms with Crippen LogP contribution in [-0.2, 0) is 20.9 Å². The van der Waals surface area contributed by atoms with E-state index in [4.69, 9.17) is 9.47 Å². The second kappa shape index (κ2) is 8.04. The largest absolute Gasteiger partial charge is 0.478 e. The van der Waals surface area contributed by atoms with Gasteiger partial charge in [-0.1, -0.05) is 31.4 Å². The van der Waals surface area contributed by atoms with Crippen LogP contribution in [0.5, 0.6) is 5.75 Å². The first-order valence-electron chi connectivity index (χ1n) is 9.82. The molecule has 1 saturated carbocycles. The predicted octanol–water partition coefficient (Wildman–Crippen LogP) is 3.25. The van der Waals surface area contributed by atoms with E-state index in [1.54, 1.807) is 4.90 Å². The van der Waals surface area contributed by atoms with Crippen molar-refractivity contribution in [3.8, 4) is 5.75 Å². The number of imidazole rings is 1. The molecular weight excluding hydrogens is 358 g/mol. The number of benzene rings is 1. The Bertz CT molecular complexity index is 857. The molecule has 1 atom stereocenters. The Kier molecular flexibility index (Phi) is 5.32. The normalized spacial score (nSPS) is 19.8. The highest BCUT2D eigenvalue weighted by molar-refractivity contribution is 6.01. The summed E-state index contributed by atoms with van der Waals surface area (Å²) in [5.74, 6) is -0.106. The fourth-order valence-corrected chi connectivity index (χ4v) is 4.11. The van der Waals surface area contributed by atoms with Gasteiger partial charge in [0.1, 0.15) is 5.75 Å². The van der Waals surface area contributed by atoms with E-state index >= 15 is 0 Å². The zero-order valence-electron chi connectivity index (χ0n) is 16.0. The summed E-state index contributed by atoms with van der Waals surface area (Å²) in [4.78, 5) is 30.9. The first-order chi connectivity index (χ1) is 13.7. The summed E-state index contributed by atoms with van der Waals surface area (Å²) in [6, 6.07) is 7.85. The minimum Gasteiger partial charge on any atom is -0.478 e. The smallest absolute Gasteiger partial charge is 0.309 e. The number of esters is 1. The number of hydrogen-bond acceptors (Lipinski definition) is 5. The quantitative estimate of drug-likeness (QED) is 0.741. The second-order valence-electron chi connectivity index (χ2n) is 7.36. The Hall–Kier alpha value is -2.83. The fourth-order valence-electron chi connectivity index (χ4n) is 4.11. The Morgan fingerprint density at radius 1 is 1.25 bits per heavy atom. The summed E-state index contributed by atoms with van der Waals surface area (Å²) in [6.45, 7) is 0.396. The van der Waals surface area contributed by atoms with Crippen LogP contribution < -0.4 is 9.64 Å². The van der Waals surface area contributed by atoms with E-state index in [9.17, 15) is 9.59 Å². The molecule has 1 aromatic heterocycles. The molecule has 0 unspecified atom stereocenters. The van der Waals surface area contributed by atoms with Crippen molar-refractivity contribution in [1.29, 1.82) is 0 Å². The predicted molar refractivity (Wildman–Crippen MR) is 103 cm³/mol. The molecule has 1 amide bonds. The average molecular weight is 383 g/mol. The third kappa shape index (κ3) is 3.61. The molecule has 0 N–H and O–H groups in total. The van der Waals surface area contributed by atoms with Crippen LogP contribution in [0.4, 0.5) is 5.69 Å². The minimum atomic E-state index is -0.881. The van der Waals surface area contributed by atoms with Gasteiger partial charge in [-0.15, -0.1) is 0 Å². The topological polar surface area (TPSA) is 73.7 Å². The number of carbonyl (C=O) groups is 2. The molecule has 0 radical (unpaired) electrons. The minimum absolute atomic E-state index is 0.109. The van der Waals surface area contributed by atoms with Gasteiger partial charge in [0.15, 0.2) is 6.10 Å².